The van der Waals surface area contributed by atoms with Gasteiger partial charge in [0.05, 0.1) is 24.8 Å². The van der Waals surface area contributed by atoms with Gasteiger partial charge in [-0.25, -0.2) is 4.98 Å². The number of fused-ring (bicyclic) bond motifs is 1. The number of thiazole rings is 1. The van der Waals surface area contributed by atoms with Crippen LogP contribution in [-0.2, 0) is 29.0 Å². The molecule has 0 radical (unpaired) electrons. The summed E-state index contributed by atoms with van der Waals surface area (Å²) in [5, 5.41) is 3.58. The maximum atomic E-state index is 12.1. The lowest BCUT2D eigenvalue weighted by atomic mass is 10.0. The average Bonchev–Trinajstić information content (AvgIpc) is 2.93. The number of nitrogens with two attached hydrogens (primary N) is 1. The molecule has 0 unspecified atom stereocenters. The van der Waals surface area contributed by atoms with Gasteiger partial charge < -0.3 is 16.0 Å². The van der Waals surface area contributed by atoms with E-state index in [-0.39, 0.29) is 24.3 Å². The van der Waals surface area contributed by atoms with Crippen molar-refractivity contribution in [3.05, 3.63) is 15.6 Å². The van der Waals surface area contributed by atoms with E-state index in [1.165, 1.54) is 23.4 Å². The smallest absolute Gasteiger partial charge is 0.242 e. The van der Waals surface area contributed by atoms with E-state index in [1.54, 1.807) is 23.3 Å². The predicted octanol–water partition coefficient (Wildman–Crippen LogP) is 1.08. The summed E-state index contributed by atoms with van der Waals surface area (Å²) in [7, 11) is 1.73. The molecule has 1 aliphatic rings. The van der Waals surface area contributed by atoms with E-state index < -0.39 is 6.04 Å². The Morgan fingerprint density at radius 2 is 2.04 bits per heavy atom. The first-order valence-corrected chi connectivity index (χ1v) is 8.95. The highest BCUT2D eigenvalue weighted by atomic mass is 32.1. The summed E-state index contributed by atoms with van der Waals surface area (Å²) in [5.74, 6) is -0.376. The lowest BCUT2D eigenvalue weighted by Gasteiger charge is -2.18. The minimum atomic E-state index is -0.584. The summed E-state index contributed by atoms with van der Waals surface area (Å²) < 4.78 is 0. The van der Waals surface area contributed by atoms with Crippen molar-refractivity contribution in [2.75, 3.05) is 13.6 Å². The largest absolute Gasteiger partial charge is 0.346 e. The Hall–Kier alpha value is -1.47. The third kappa shape index (κ3) is 4.75. The maximum Gasteiger partial charge on any atom is 0.242 e. The Bertz CT molecular complexity index is 547. The van der Waals surface area contributed by atoms with Gasteiger partial charge in [-0.2, -0.15) is 0 Å². The van der Waals surface area contributed by atoms with Crippen LogP contribution >= 0.6 is 11.3 Å². The number of hydrogen-bond donors (Lipinski definition) is 2. The molecule has 0 fully saturated rings. The number of carbonyl (C=O) groups is 2. The summed E-state index contributed by atoms with van der Waals surface area (Å²) in [5.41, 5.74) is 6.96. The molecule has 1 aromatic rings. The Kier molecular flexibility index (Phi) is 6.12. The third-order valence-corrected chi connectivity index (χ3v) is 5.27. The van der Waals surface area contributed by atoms with Gasteiger partial charge in [0, 0.05) is 11.9 Å². The molecule has 2 rings (SSSR count). The fourth-order valence-corrected chi connectivity index (χ4v) is 3.69. The molecule has 0 bridgehead atoms. The van der Waals surface area contributed by atoms with Crippen LogP contribution in [0.3, 0.4) is 0 Å². The fraction of sp³-hybridized carbons (Fsp3) is 0.688. The number of aromatic nitrogens is 1. The molecular weight excluding hydrogens is 312 g/mol. The van der Waals surface area contributed by atoms with Crippen LogP contribution in [0.1, 0.15) is 42.3 Å². The topological polar surface area (TPSA) is 88.3 Å². The number of likely N-dealkylation sites (N-methyl/N-ethyl adjacent to an activating group) is 1. The molecule has 1 aromatic heterocycles. The van der Waals surface area contributed by atoms with Crippen LogP contribution in [0, 0.1) is 5.92 Å². The highest BCUT2D eigenvalue weighted by Crippen LogP contribution is 2.27. The molecular formula is C16H26N4O2S. The van der Waals surface area contributed by atoms with Crippen LogP contribution < -0.4 is 11.1 Å². The van der Waals surface area contributed by atoms with Crippen LogP contribution in [0.25, 0.3) is 0 Å². The number of nitrogens with zero attached hydrogens (tertiary/aromatic N) is 2. The van der Waals surface area contributed by atoms with Crippen molar-refractivity contribution in [1.29, 1.82) is 0 Å². The van der Waals surface area contributed by atoms with Crippen molar-refractivity contribution in [1.82, 2.24) is 15.2 Å². The second kappa shape index (κ2) is 7.88. The van der Waals surface area contributed by atoms with E-state index >= 15 is 0 Å². The van der Waals surface area contributed by atoms with Crippen LogP contribution in [0.5, 0.6) is 0 Å². The Morgan fingerprint density at radius 1 is 1.35 bits per heavy atom. The van der Waals surface area contributed by atoms with Gasteiger partial charge in [-0.3, -0.25) is 9.59 Å². The molecule has 1 atom stereocenters. The molecule has 7 heteroatoms. The number of aryl methyl sites for hydroxylation is 2. The van der Waals surface area contributed by atoms with Gasteiger partial charge in [0.15, 0.2) is 0 Å². The van der Waals surface area contributed by atoms with E-state index in [2.05, 4.69) is 10.3 Å². The summed E-state index contributed by atoms with van der Waals surface area (Å²) in [6, 6.07) is -0.584. The number of hydrogen-bond acceptors (Lipinski definition) is 5. The Morgan fingerprint density at radius 3 is 2.70 bits per heavy atom. The zero-order valence-corrected chi connectivity index (χ0v) is 14.9. The molecule has 0 saturated carbocycles. The minimum absolute atomic E-state index is 0.0269. The van der Waals surface area contributed by atoms with Crippen LogP contribution in [-0.4, -0.2) is 41.3 Å². The van der Waals surface area contributed by atoms with Crippen molar-refractivity contribution in [2.24, 2.45) is 11.7 Å². The lowest BCUT2D eigenvalue weighted by Crippen LogP contribution is -2.47. The molecule has 1 heterocycles. The SMILES string of the molecule is CC(C)[C@H](N)C(=O)NCC(=O)N(C)Cc1nc2c(s1)CCCC2. The first kappa shape index (κ1) is 17.9. The quantitative estimate of drug-likeness (QED) is 0.812. The second-order valence-electron chi connectivity index (χ2n) is 6.42. The molecule has 0 aliphatic heterocycles. The normalized spacial score (nSPS) is 15.2. The standard InChI is InChI=1S/C16H26N4O2S/c1-10(2)15(17)16(22)18-8-14(21)20(3)9-13-19-11-6-4-5-7-12(11)23-13/h10,15H,4-9,17H2,1-3H3,(H,18,22)/t15-/m0/s1. The molecule has 23 heavy (non-hydrogen) atoms. The van der Waals surface area contributed by atoms with Crippen LogP contribution in [0.2, 0.25) is 0 Å². The van der Waals surface area contributed by atoms with Crippen molar-refractivity contribution >= 4 is 23.2 Å². The Labute approximate surface area is 141 Å². The first-order chi connectivity index (χ1) is 10.9. The number of nitrogens with one attached hydrogen (secondary N) is 1. The molecule has 0 saturated heterocycles. The predicted molar refractivity (Wildman–Crippen MR) is 91.1 cm³/mol. The summed E-state index contributed by atoms with van der Waals surface area (Å²) in [6.07, 6.45) is 4.58. The lowest BCUT2D eigenvalue weighted by molar-refractivity contribution is -0.132. The maximum absolute atomic E-state index is 12.1. The molecule has 2 amide bonds. The zero-order chi connectivity index (χ0) is 17.0. The molecule has 0 aromatic carbocycles. The van der Waals surface area contributed by atoms with Gasteiger partial charge >= 0.3 is 0 Å². The van der Waals surface area contributed by atoms with Gasteiger partial charge in [0.1, 0.15) is 5.01 Å². The fourth-order valence-electron chi connectivity index (χ4n) is 2.48. The van der Waals surface area contributed by atoms with Gasteiger partial charge in [0.25, 0.3) is 0 Å². The van der Waals surface area contributed by atoms with E-state index in [4.69, 9.17) is 5.73 Å². The Balaban J connectivity index is 1.83. The van der Waals surface area contributed by atoms with E-state index in [9.17, 15) is 9.59 Å². The molecule has 0 spiro atoms. The first-order valence-electron chi connectivity index (χ1n) is 8.13. The monoisotopic (exact) mass is 338 g/mol. The van der Waals surface area contributed by atoms with E-state index in [0.29, 0.717) is 6.54 Å². The van der Waals surface area contributed by atoms with Gasteiger partial charge in [0.2, 0.25) is 11.8 Å². The summed E-state index contributed by atoms with van der Waals surface area (Å²) >= 11 is 1.70. The van der Waals surface area contributed by atoms with Crippen LogP contribution in [0.15, 0.2) is 0 Å². The highest BCUT2D eigenvalue weighted by molar-refractivity contribution is 7.11. The van der Waals surface area contributed by atoms with Crippen molar-refractivity contribution in [3.8, 4) is 0 Å². The minimum Gasteiger partial charge on any atom is -0.346 e. The summed E-state index contributed by atoms with van der Waals surface area (Å²) in [4.78, 5) is 31.5. The molecule has 1 aliphatic carbocycles. The van der Waals surface area contributed by atoms with Crippen molar-refractivity contribution in [3.63, 3.8) is 0 Å². The average molecular weight is 338 g/mol. The van der Waals surface area contributed by atoms with Gasteiger partial charge in [-0.05, 0) is 31.6 Å². The van der Waals surface area contributed by atoms with E-state index in [1.807, 2.05) is 13.8 Å². The number of carbonyl (C=O) groups excluding carboxylic acids is 2. The van der Waals surface area contributed by atoms with Crippen molar-refractivity contribution in [2.45, 2.75) is 52.1 Å². The molecule has 6 nitrogen and oxygen atoms in total. The van der Waals surface area contributed by atoms with Crippen molar-refractivity contribution < 1.29 is 9.59 Å². The second-order valence-corrected chi connectivity index (χ2v) is 7.59. The number of rotatable bonds is 6. The zero-order valence-electron chi connectivity index (χ0n) is 14.1. The molecule has 128 valence electrons. The summed E-state index contributed by atoms with van der Waals surface area (Å²) in [6.45, 7) is 4.22. The number of amides is 2. The van der Waals surface area contributed by atoms with Gasteiger partial charge in [-0.1, -0.05) is 13.8 Å². The molecule has 3 N–H and O–H groups in total. The third-order valence-electron chi connectivity index (χ3n) is 4.12. The van der Waals surface area contributed by atoms with Gasteiger partial charge in [-0.15, -0.1) is 11.3 Å². The van der Waals surface area contributed by atoms with Crippen LogP contribution in [0.4, 0.5) is 0 Å². The van der Waals surface area contributed by atoms with E-state index in [0.717, 1.165) is 17.8 Å². The highest BCUT2D eigenvalue weighted by Gasteiger charge is 2.20.